The van der Waals surface area contributed by atoms with Gasteiger partial charge in [0.1, 0.15) is 17.7 Å². The van der Waals surface area contributed by atoms with Gasteiger partial charge in [-0.15, -0.1) is 0 Å². The van der Waals surface area contributed by atoms with Crippen LogP contribution in [0.15, 0.2) is 48.5 Å². The molecule has 210 valence electrons. The number of benzene rings is 2. The van der Waals surface area contributed by atoms with Crippen molar-refractivity contribution in [3.63, 3.8) is 0 Å². The minimum atomic E-state index is -1.00. The first-order valence-electron chi connectivity index (χ1n) is 14.5. The Hall–Kier alpha value is -3.88. The summed E-state index contributed by atoms with van der Waals surface area (Å²) >= 11 is 0. The zero-order chi connectivity index (χ0) is 27.7. The van der Waals surface area contributed by atoms with Gasteiger partial charge in [-0.1, -0.05) is 30.3 Å². The van der Waals surface area contributed by atoms with Gasteiger partial charge in [0.15, 0.2) is 0 Å². The molecule has 4 aliphatic heterocycles. The van der Waals surface area contributed by atoms with Crippen molar-refractivity contribution in [1.82, 2.24) is 15.1 Å². The van der Waals surface area contributed by atoms with E-state index in [2.05, 4.69) is 5.32 Å². The van der Waals surface area contributed by atoms with E-state index in [1.165, 1.54) is 0 Å². The highest BCUT2D eigenvalue weighted by atomic mass is 16.5. The number of fused-ring (bicyclic) bond motifs is 6. The first-order chi connectivity index (χ1) is 19.5. The van der Waals surface area contributed by atoms with Gasteiger partial charge in [-0.3, -0.25) is 19.2 Å². The fraction of sp³-hybridized carbons (Fsp3) is 0.484. The lowest BCUT2D eigenvalue weighted by atomic mass is 9.72. The third kappa shape index (κ3) is 4.61. The van der Waals surface area contributed by atoms with Gasteiger partial charge in [-0.25, -0.2) is 0 Å². The second-order valence-electron chi connectivity index (χ2n) is 11.2. The molecule has 2 fully saturated rings. The van der Waals surface area contributed by atoms with Crippen LogP contribution >= 0.6 is 0 Å². The number of likely N-dealkylation sites (tertiary alicyclic amines) is 2. The van der Waals surface area contributed by atoms with Crippen LogP contribution in [0.25, 0.3) is 0 Å². The van der Waals surface area contributed by atoms with E-state index < -0.39 is 11.5 Å². The van der Waals surface area contributed by atoms with Crippen molar-refractivity contribution < 1.29 is 23.9 Å². The average molecular weight is 545 g/mol. The highest BCUT2D eigenvalue weighted by Gasteiger charge is 2.61. The topological polar surface area (TPSA) is 99.3 Å². The SMILES string of the molecule is O=C1CN2C(=O)[C@]3(CCN(C(=O)CCCN4CCCCC4=O)[C@H]3c3cccc(c3)OCCCN1)c1ccccc12. The summed E-state index contributed by atoms with van der Waals surface area (Å²) in [4.78, 5) is 58.7. The van der Waals surface area contributed by atoms with E-state index in [0.717, 1.165) is 36.2 Å². The fourth-order valence-electron chi connectivity index (χ4n) is 6.90. The van der Waals surface area contributed by atoms with Gasteiger partial charge < -0.3 is 24.8 Å². The molecule has 1 spiro atoms. The summed E-state index contributed by atoms with van der Waals surface area (Å²) < 4.78 is 6.00. The van der Waals surface area contributed by atoms with Gasteiger partial charge in [-0.05, 0) is 61.4 Å². The zero-order valence-electron chi connectivity index (χ0n) is 22.8. The van der Waals surface area contributed by atoms with E-state index in [1.807, 2.05) is 58.3 Å². The zero-order valence-corrected chi connectivity index (χ0v) is 22.8. The quantitative estimate of drug-likeness (QED) is 0.638. The number of amides is 4. The minimum absolute atomic E-state index is 0.0276. The standard InChI is InChI=1S/C31H36N4O5/c36-26-21-35-25-11-2-1-10-24(25)31(30(35)39)14-18-34(28(38)13-6-17-33-16-4-3-12-27(33)37)29(31)22-8-5-9-23(20-22)40-19-7-15-32-26/h1-2,5,8-11,20,29H,3-4,6-7,12-19,21H2,(H,32,36)/t29-,31+/m0/s1. The molecular weight excluding hydrogens is 508 g/mol. The first kappa shape index (κ1) is 26.3. The van der Waals surface area contributed by atoms with Crippen LogP contribution in [-0.2, 0) is 24.6 Å². The number of piperidine rings is 1. The van der Waals surface area contributed by atoms with Gasteiger partial charge >= 0.3 is 0 Å². The summed E-state index contributed by atoms with van der Waals surface area (Å²) in [6.45, 7) is 2.59. The Morgan fingerprint density at radius 3 is 2.77 bits per heavy atom. The molecule has 9 heteroatoms. The molecule has 2 atom stereocenters. The predicted octanol–water partition coefficient (Wildman–Crippen LogP) is 2.94. The van der Waals surface area contributed by atoms with Gasteiger partial charge in [0.25, 0.3) is 0 Å². The lowest BCUT2D eigenvalue weighted by Crippen LogP contribution is -2.48. The van der Waals surface area contributed by atoms with Crippen LogP contribution in [0.5, 0.6) is 5.75 Å². The minimum Gasteiger partial charge on any atom is -0.494 e. The summed E-state index contributed by atoms with van der Waals surface area (Å²) in [6, 6.07) is 14.8. The average Bonchev–Trinajstić information content (AvgIpc) is 3.47. The lowest BCUT2D eigenvalue weighted by Gasteiger charge is -2.35. The Labute approximate surface area is 234 Å². The molecule has 0 saturated carbocycles. The molecule has 0 radical (unpaired) electrons. The van der Waals surface area contributed by atoms with Crippen LogP contribution in [0.3, 0.4) is 0 Å². The second-order valence-corrected chi connectivity index (χ2v) is 11.2. The van der Waals surface area contributed by atoms with E-state index in [4.69, 9.17) is 4.74 Å². The molecule has 6 rings (SSSR count). The summed E-state index contributed by atoms with van der Waals surface area (Å²) in [7, 11) is 0. The summed E-state index contributed by atoms with van der Waals surface area (Å²) in [5.74, 6) is 0.450. The van der Waals surface area contributed by atoms with Crippen molar-refractivity contribution in [3.8, 4) is 5.75 Å². The molecule has 4 aliphatic rings. The Morgan fingerprint density at radius 2 is 1.90 bits per heavy atom. The van der Waals surface area contributed by atoms with Crippen molar-refractivity contribution in [2.45, 2.75) is 56.4 Å². The third-order valence-corrected chi connectivity index (χ3v) is 8.78. The molecule has 9 nitrogen and oxygen atoms in total. The number of nitrogens with one attached hydrogen (secondary N) is 1. The molecule has 4 heterocycles. The maximum Gasteiger partial charge on any atom is 0.240 e. The smallest absolute Gasteiger partial charge is 0.240 e. The molecule has 2 aromatic rings. The molecule has 40 heavy (non-hydrogen) atoms. The highest BCUT2D eigenvalue weighted by molar-refractivity contribution is 6.12. The Kier molecular flexibility index (Phi) is 7.21. The van der Waals surface area contributed by atoms with Crippen molar-refractivity contribution in [2.24, 2.45) is 0 Å². The summed E-state index contributed by atoms with van der Waals surface area (Å²) in [6.07, 6.45) is 4.51. The van der Waals surface area contributed by atoms with Gasteiger partial charge in [0.2, 0.25) is 23.6 Å². The molecular formula is C31H36N4O5. The Bertz CT molecular complexity index is 1330. The van der Waals surface area contributed by atoms with E-state index in [-0.39, 0.29) is 30.2 Å². The maximum absolute atomic E-state index is 14.4. The monoisotopic (exact) mass is 544 g/mol. The lowest BCUT2D eigenvalue weighted by molar-refractivity contribution is -0.136. The van der Waals surface area contributed by atoms with Crippen LogP contribution in [0.1, 0.15) is 62.1 Å². The number of carbonyl (C=O) groups excluding carboxylic acids is 4. The number of hydrogen-bond donors (Lipinski definition) is 1. The largest absolute Gasteiger partial charge is 0.494 e. The molecule has 4 bridgehead atoms. The van der Waals surface area contributed by atoms with Crippen LogP contribution in [0, 0.1) is 0 Å². The number of carbonyl (C=O) groups is 4. The Morgan fingerprint density at radius 1 is 1.02 bits per heavy atom. The first-order valence-corrected chi connectivity index (χ1v) is 14.5. The summed E-state index contributed by atoms with van der Waals surface area (Å²) in [5, 5.41) is 2.91. The molecule has 4 amide bonds. The molecule has 0 unspecified atom stereocenters. The predicted molar refractivity (Wildman–Crippen MR) is 149 cm³/mol. The number of para-hydroxylation sites is 1. The molecule has 2 aromatic carbocycles. The highest BCUT2D eigenvalue weighted by Crippen LogP contribution is 2.57. The van der Waals surface area contributed by atoms with E-state index in [9.17, 15) is 19.2 Å². The normalized spacial score (nSPS) is 24.6. The maximum atomic E-state index is 14.4. The number of ether oxygens (including phenoxy) is 1. The second kappa shape index (κ2) is 10.9. The van der Waals surface area contributed by atoms with Gasteiger partial charge in [0.05, 0.1) is 12.6 Å². The van der Waals surface area contributed by atoms with Crippen molar-refractivity contribution in [1.29, 1.82) is 0 Å². The van der Waals surface area contributed by atoms with Crippen LogP contribution in [0.2, 0.25) is 0 Å². The van der Waals surface area contributed by atoms with Crippen LogP contribution in [-0.4, -0.2) is 72.8 Å². The number of nitrogens with zero attached hydrogens (tertiary/aromatic N) is 3. The molecule has 0 aromatic heterocycles. The molecule has 1 N–H and O–H groups in total. The molecule has 2 saturated heterocycles. The van der Waals surface area contributed by atoms with E-state index in [1.54, 1.807) is 4.90 Å². The van der Waals surface area contributed by atoms with Crippen LogP contribution in [0.4, 0.5) is 5.69 Å². The number of hydrogen-bond acceptors (Lipinski definition) is 5. The van der Waals surface area contributed by atoms with Crippen LogP contribution < -0.4 is 15.0 Å². The van der Waals surface area contributed by atoms with E-state index >= 15 is 0 Å². The third-order valence-electron chi connectivity index (χ3n) is 8.78. The molecule has 0 aliphatic carbocycles. The van der Waals surface area contributed by atoms with Crippen molar-refractivity contribution in [3.05, 3.63) is 59.7 Å². The van der Waals surface area contributed by atoms with Crippen molar-refractivity contribution in [2.75, 3.05) is 44.2 Å². The van der Waals surface area contributed by atoms with Gasteiger partial charge in [0, 0.05) is 44.7 Å². The number of anilines is 1. The van der Waals surface area contributed by atoms with E-state index in [0.29, 0.717) is 64.1 Å². The Balaban J connectivity index is 1.36. The summed E-state index contributed by atoms with van der Waals surface area (Å²) in [5.41, 5.74) is 1.43. The van der Waals surface area contributed by atoms with Gasteiger partial charge in [-0.2, -0.15) is 0 Å². The fourth-order valence-corrected chi connectivity index (χ4v) is 6.90. The van der Waals surface area contributed by atoms with Crippen molar-refractivity contribution >= 4 is 29.3 Å². The number of rotatable bonds is 4.